The molecule has 0 bridgehead atoms. The zero-order valence-corrected chi connectivity index (χ0v) is 11.7. The fourth-order valence-electron chi connectivity index (χ4n) is 1.44. The Balaban J connectivity index is 2.38. The first kappa shape index (κ1) is 12.6. The molecule has 0 fully saturated rings. The van der Waals surface area contributed by atoms with Gasteiger partial charge in [-0.1, -0.05) is 35.0 Å². The van der Waals surface area contributed by atoms with E-state index in [1.54, 1.807) is 16.8 Å². The molecule has 0 aliphatic carbocycles. The first-order chi connectivity index (χ1) is 7.99. The average molecular weight is 288 g/mol. The second-order valence-electron chi connectivity index (χ2n) is 3.60. The minimum Gasteiger partial charge on any atom is -0.395 e. The lowest BCUT2D eigenvalue weighted by Gasteiger charge is -2.05. The summed E-state index contributed by atoms with van der Waals surface area (Å²) in [6, 6.07) is 5.39. The van der Waals surface area contributed by atoms with Crippen LogP contribution in [0.2, 0.25) is 10.0 Å². The Bertz CT molecular complexity index is 566. The van der Waals surface area contributed by atoms with Gasteiger partial charge in [0.05, 0.1) is 16.4 Å². The van der Waals surface area contributed by atoms with Gasteiger partial charge >= 0.3 is 0 Å². The van der Waals surface area contributed by atoms with Gasteiger partial charge in [-0.2, -0.15) is 5.10 Å². The summed E-state index contributed by atoms with van der Waals surface area (Å²) in [5, 5.41) is 6.37. The number of aromatic nitrogens is 2. The zero-order chi connectivity index (χ0) is 12.6. The number of aryl methyl sites for hydroxylation is 2. The predicted molar refractivity (Wildman–Crippen MR) is 72.9 cm³/mol. The van der Waals surface area contributed by atoms with Crippen molar-refractivity contribution in [3.8, 4) is 0 Å². The van der Waals surface area contributed by atoms with E-state index in [0.717, 1.165) is 15.6 Å². The van der Waals surface area contributed by atoms with Crippen LogP contribution in [-0.4, -0.2) is 9.78 Å². The smallest absolute Gasteiger partial charge is 0.122 e. The van der Waals surface area contributed by atoms with E-state index in [-0.39, 0.29) is 0 Å². The zero-order valence-electron chi connectivity index (χ0n) is 9.37. The molecule has 1 aromatic carbocycles. The first-order valence-electron chi connectivity index (χ1n) is 4.91. The first-order valence-corrected chi connectivity index (χ1v) is 6.48. The molecule has 2 rings (SSSR count). The molecule has 6 heteroatoms. The van der Waals surface area contributed by atoms with Crippen molar-refractivity contribution in [2.24, 2.45) is 7.05 Å². The molecule has 1 aromatic heterocycles. The maximum atomic E-state index is 6.12. The molecule has 0 radical (unpaired) electrons. The quantitative estimate of drug-likeness (QED) is 0.914. The summed E-state index contributed by atoms with van der Waals surface area (Å²) in [5.74, 6) is 0. The van der Waals surface area contributed by atoms with Gasteiger partial charge in [-0.15, -0.1) is 0 Å². The van der Waals surface area contributed by atoms with E-state index in [1.165, 1.54) is 11.8 Å². The van der Waals surface area contributed by atoms with Crippen LogP contribution >= 0.6 is 35.0 Å². The summed E-state index contributed by atoms with van der Waals surface area (Å²) < 4.78 is 1.75. The number of hydrogen-bond donors (Lipinski definition) is 1. The second-order valence-corrected chi connectivity index (χ2v) is 5.48. The molecule has 0 saturated carbocycles. The number of hydrogen-bond acceptors (Lipinski definition) is 3. The van der Waals surface area contributed by atoms with Crippen molar-refractivity contribution >= 4 is 40.7 Å². The summed E-state index contributed by atoms with van der Waals surface area (Å²) in [4.78, 5) is 0.908. The molecule has 0 amide bonds. The highest BCUT2D eigenvalue weighted by atomic mass is 35.5. The third-order valence-corrected chi connectivity index (χ3v) is 4.23. The predicted octanol–water partition coefficient (Wildman–Crippen LogP) is 3.77. The van der Waals surface area contributed by atoms with Crippen LogP contribution in [0.3, 0.4) is 0 Å². The summed E-state index contributed by atoms with van der Waals surface area (Å²) in [7, 11) is 1.86. The van der Waals surface area contributed by atoms with Gasteiger partial charge in [-0.3, -0.25) is 4.68 Å². The molecule has 90 valence electrons. The van der Waals surface area contributed by atoms with Crippen molar-refractivity contribution < 1.29 is 0 Å². The Labute approximate surface area is 114 Å². The molecule has 0 aliphatic heterocycles. The number of nitrogens with two attached hydrogens (primary N) is 1. The number of nitrogens with zero attached hydrogens (tertiary/aromatic N) is 2. The van der Waals surface area contributed by atoms with E-state index in [0.29, 0.717) is 15.7 Å². The Morgan fingerprint density at radius 1 is 1.35 bits per heavy atom. The second kappa shape index (κ2) is 4.80. The van der Waals surface area contributed by atoms with Crippen molar-refractivity contribution in [3.63, 3.8) is 0 Å². The van der Waals surface area contributed by atoms with Gasteiger partial charge in [0.1, 0.15) is 5.03 Å². The van der Waals surface area contributed by atoms with Crippen LogP contribution < -0.4 is 5.73 Å². The van der Waals surface area contributed by atoms with Crippen LogP contribution in [0, 0.1) is 6.92 Å². The minimum absolute atomic E-state index is 0.612. The van der Waals surface area contributed by atoms with Gasteiger partial charge in [-0.05, 0) is 25.1 Å². The van der Waals surface area contributed by atoms with Gasteiger partial charge in [0.2, 0.25) is 0 Å². The monoisotopic (exact) mass is 287 g/mol. The summed E-state index contributed by atoms with van der Waals surface area (Å²) in [6.45, 7) is 1.88. The van der Waals surface area contributed by atoms with Gasteiger partial charge in [-0.25, -0.2) is 0 Å². The molecule has 2 N–H and O–H groups in total. The topological polar surface area (TPSA) is 43.8 Å². The highest BCUT2D eigenvalue weighted by Crippen LogP contribution is 2.37. The summed E-state index contributed by atoms with van der Waals surface area (Å²) >= 11 is 13.4. The maximum Gasteiger partial charge on any atom is 0.122 e. The van der Waals surface area contributed by atoms with Crippen LogP contribution in [0.1, 0.15) is 5.69 Å². The summed E-state index contributed by atoms with van der Waals surface area (Å²) in [6.07, 6.45) is 0. The van der Waals surface area contributed by atoms with E-state index in [1.807, 2.05) is 20.0 Å². The Morgan fingerprint density at radius 2 is 2.06 bits per heavy atom. The normalized spacial score (nSPS) is 10.8. The third-order valence-electron chi connectivity index (χ3n) is 2.31. The average Bonchev–Trinajstić information content (AvgIpc) is 2.48. The van der Waals surface area contributed by atoms with Crippen LogP contribution in [0.25, 0.3) is 0 Å². The molecule has 1 heterocycles. The highest BCUT2D eigenvalue weighted by molar-refractivity contribution is 7.99. The molecule has 3 nitrogen and oxygen atoms in total. The molecule has 0 saturated heterocycles. The van der Waals surface area contributed by atoms with Crippen LogP contribution in [-0.2, 0) is 7.05 Å². The largest absolute Gasteiger partial charge is 0.395 e. The lowest BCUT2D eigenvalue weighted by Crippen LogP contribution is -1.93. The number of halogens is 2. The van der Waals surface area contributed by atoms with Crippen LogP contribution in [0.4, 0.5) is 5.69 Å². The van der Waals surface area contributed by atoms with Gasteiger partial charge in [0.15, 0.2) is 0 Å². The van der Waals surface area contributed by atoms with E-state index >= 15 is 0 Å². The van der Waals surface area contributed by atoms with E-state index in [9.17, 15) is 0 Å². The van der Waals surface area contributed by atoms with Crippen molar-refractivity contribution in [2.45, 2.75) is 16.8 Å². The standard InChI is InChI=1S/C11H11Cl2N3S/c1-6-10(14)11(16(2)15-6)17-9-4-3-7(12)5-8(9)13/h3-5H,14H2,1-2H3. The molecule has 0 aliphatic rings. The maximum absolute atomic E-state index is 6.12. The molecular weight excluding hydrogens is 277 g/mol. The van der Waals surface area contributed by atoms with Gasteiger partial charge in [0.25, 0.3) is 0 Å². The van der Waals surface area contributed by atoms with Crippen molar-refractivity contribution in [1.82, 2.24) is 9.78 Å². The number of nitrogen functional groups attached to an aromatic ring is 1. The van der Waals surface area contributed by atoms with E-state index in [2.05, 4.69) is 5.10 Å². The van der Waals surface area contributed by atoms with Gasteiger partial charge in [0, 0.05) is 17.0 Å². The summed E-state index contributed by atoms with van der Waals surface area (Å²) in [5.41, 5.74) is 7.46. The molecule has 0 atom stereocenters. The number of anilines is 1. The van der Waals surface area contributed by atoms with Crippen molar-refractivity contribution in [1.29, 1.82) is 0 Å². The molecule has 2 aromatic rings. The highest BCUT2D eigenvalue weighted by Gasteiger charge is 2.13. The van der Waals surface area contributed by atoms with Crippen molar-refractivity contribution in [2.75, 3.05) is 5.73 Å². The molecule has 0 spiro atoms. The number of benzene rings is 1. The lowest BCUT2D eigenvalue weighted by atomic mass is 10.4. The fourth-order valence-corrected chi connectivity index (χ4v) is 2.89. The fraction of sp³-hybridized carbons (Fsp3) is 0.182. The SMILES string of the molecule is Cc1nn(C)c(Sc2ccc(Cl)cc2Cl)c1N. The molecule has 17 heavy (non-hydrogen) atoms. The molecular formula is C11H11Cl2N3S. The Kier molecular flexibility index (Phi) is 3.56. The van der Waals surface area contributed by atoms with Gasteiger partial charge < -0.3 is 5.73 Å². The van der Waals surface area contributed by atoms with Crippen LogP contribution in [0.15, 0.2) is 28.1 Å². The van der Waals surface area contributed by atoms with E-state index < -0.39 is 0 Å². The van der Waals surface area contributed by atoms with E-state index in [4.69, 9.17) is 28.9 Å². The Morgan fingerprint density at radius 3 is 2.59 bits per heavy atom. The lowest BCUT2D eigenvalue weighted by molar-refractivity contribution is 0.693. The minimum atomic E-state index is 0.612. The number of rotatable bonds is 2. The van der Waals surface area contributed by atoms with Crippen molar-refractivity contribution in [3.05, 3.63) is 33.9 Å². The van der Waals surface area contributed by atoms with Crippen LogP contribution in [0.5, 0.6) is 0 Å². The molecule has 0 unspecified atom stereocenters. The third kappa shape index (κ3) is 2.54. The Hall–Kier alpha value is -0.840.